The Balaban J connectivity index is 2.54. The first-order valence-electron chi connectivity index (χ1n) is 2.27. The highest BCUT2D eigenvalue weighted by Gasteiger charge is 2.42. The van der Waals surface area contributed by atoms with Crippen LogP contribution in [0.25, 0.3) is 0 Å². The third-order valence-electron chi connectivity index (χ3n) is 0.871. The maximum atomic E-state index is 12.3. The van der Waals surface area contributed by atoms with E-state index in [0.717, 1.165) is 0 Å². The van der Waals surface area contributed by atoms with Crippen LogP contribution >= 0.6 is 0 Å². The summed E-state index contributed by atoms with van der Waals surface area (Å²) >= 11 is 0. The lowest BCUT2D eigenvalue weighted by Gasteiger charge is -2.07. The topological polar surface area (TPSA) is 35.5 Å². The molecular weight excluding hydrogens is 134 g/mol. The molecule has 0 radical (unpaired) electrons. The van der Waals surface area contributed by atoms with Crippen LogP contribution in [-0.4, -0.2) is 25.3 Å². The molecule has 52 valence electrons. The molecule has 1 atom stereocenters. The summed E-state index contributed by atoms with van der Waals surface area (Å²) in [7, 11) is 0. The first-order valence-corrected chi connectivity index (χ1v) is 2.27. The van der Waals surface area contributed by atoms with Crippen molar-refractivity contribution in [3.05, 3.63) is 0 Å². The van der Waals surface area contributed by atoms with Gasteiger partial charge in [-0.2, -0.15) is 4.39 Å². The number of hydrogen-bond donors (Lipinski definition) is 0. The molecule has 0 bridgehead atoms. The van der Waals surface area contributed by atoms with E-state index in [0.29, 0.717) is 0 Å². The highest BCUT2D eigenvalue weighted by Crippen LogP contribution is 2.21. The normalized spacial score (nSPS) is 33.8. The van der Waals surface area contributed by atoms with Gasteiger partial charge < -0.3 is 9.47 Å². The number of alkyl halides is 2. The van der Waals surface area contributed by atoms with Crippen LogP contribution in [0.5, 0.6) is 0 Å². The minimum absolute atomic E-state index is 0.650. The number of ether oxygens (including phenoxy) is 2. The minimum Gasteiger partial charge on any atom is -0.427 e. The summed E-state index contributed by atoms with van der Waals surface area (Å²) in [6, 6.07) is 0. The lowest BCUT2D eigenvalue weighted by atomic mass is 10.4. The Bertz CT molecular complexity index is 138. The Morgan fingerprint density at radius 2 is 2.44 bits per heavy atom. The van der Waals surface area contributed by atoms with Gasteiger partial charge in [0.15, 0.2) is 13.3 Å². The van der Waals surface area contributed by atoms with Gasteiger partial charge in [0.05, 0.1) is 0 Å². The quantitative estimate of drug-likeness (QED) is 0.502. The van der Waals surface area contributed by atoms with Crippen LogP contribution in [0.4, 0.5) is 13.6 Å². The predicted octanol–water partition coefficient (Wildman–Crippen LogP) is 0.788. The number of cyclic esters (lactones) is 2. The molecule has 1 fully saturated rings. The molecule has 5 heteroatoms. The van der Waals surface area contributed by atoms with E-state index < -0.39 is 25.3 Å². The van der Waals surface area contributed by atoms with Crippen LogP contribution in [0, 0.1) is 0 Å². The molecule has 9 heavy (non-hydrogen) atoms. The van der Waals surface area contributed by atoms with Crippen LogP contribution in [-0.2, 0) is 9.47 Å². The lowest BCUT2D eigenvalue weighted by Crippen LogP contribution is -2.27. The highest BCUT2D eigenvalue weighted by molar-refractivity contribution is 5.62. The van der Waals surface area contributed by atoms with E-state index in [1.165, 1.54) is 0 Å². The third-order valence-corrected chi connectivity index (χ3v) is 0.871. The van der Waals surface area contributed by atoms with Crippen molar-refractivity contribution in [3.8, 4) is 0 Å². The van der Waals surface area contributed by atoms with Crippen molar-refractivity contribution < 1.29 is 23.0 Å². The smallest absolute Gasteiger partial charge is 0.427 e. The molecule has 1 aliphatic rings. The van der Waals surface area contributed by atoms with Gasteiger partial charge in [0.1, 0.15) is 0 Å². The predicted molar refractivity (Wildman–Crippen MR) is 22.2 cm³/mol. The summed E-state index contributed by atoms with van der Waals surface area (Å²) in [6.07, 6.45) is -1.16. The van der Waals surface area contributed by atoms with Gasteiger partial charge in [0, 0.05) is 0 Å². The summed E-state index contributed by atoms with van der Waals surface area (Å²) in [5, 5.41) is 0. The van der Waals surface area contributed by atoms with E-state index in [-0.39, 0.29) is 0 Å². The Morgan fingerprint density at radius 1 is 1.78 bits per heavy atom. The molecule has 1 aliphatic heterocycles. The molecule has 0 aromatic heterocycles. The molecule has 0 aliphatic carbocycles. The largest absolute Gasteiger partial charge is 0.511 e. The van der Waals surface area contributed by atoms with Crippen LogP contribution in [0.3, 0.4) is 0 Å². The number of carbonyl (C=O) groups is 1. The maximum absolute atomic E-state index is 12.3. The number of hydrogen-bond acceptors (Lipinski definition) is 3. The van der Waals surface area contributed by atoms with E-state index in [9.17, 15) is 13.6 Å². The zero-order valence-corrected chi connectivity index (χ0v) is 4.39. The molecule has 0 N–H and O–H groups in total. The van der Waals surface area contributed by atoms with Crippen molar-refractivity contribution in [3.63, 3.8) is 0 Å². The third kappa shape index (κ3) is 1.09. The van der Waals surface area contributed by atoms with Gasteiger partial charge in [0.25, 0.3) is 0 Å². The van der Waals surface area contributed by atoms with Crippen molar-refractivity contribution >= 4 is 6.16 Å². The van der Waals surface area contributed by atoms with E-state index in [4.69, 9.17) is 0 Å². The number of carbonyl (C=O) groups excluding carboxylic acids is 1. The van der Waals surface area contributed by atoms with Gasteiger partial charge in [-0.05, 0) is 0 Å². The monoisotopic (exact) mass is 138 g/mol. The van der Waals surface area contributed by atoms with Crippen LogP contribution in [0.2, 0.25) is 0 Å². The van der Waals surface area contributed by atoms with Crippen molar-refractivity contribution in [2.24, 2.45) is 0 Å². The Kier molecular flexibility index (Phi) is 1.27. The molecule has 1 unspecified atom stereocenters. The van der Waals surface area contributed by atoms with E-state index in [1.807, 2.05) is 0 Å². The van der Waals surface area contributed by atoms with Crippen LogP contribution < -0.4 is 0 Å². The molecular formula is C4H4F2O3. The Hall–Kier alpha value is -0.870. The fraction of sp³-hybridized carbons (Fsp3) is 0.750. The lowest BCUT2D eigenvalue weighted by molar-refractivity contribution is -0.0761. The summed E-state index contributed by atoms with van der Waals surface area (Å²) < 4.78 is 31.7. The van der Waals surface area contributed by atoms with Gasteiger partial charge in [-0.3, -0.25) is 0 Å². The second-order valence-corrected chi connectivity index (χ2v) is 1.66. The minimum atomic E-state index is -2.53. The Morgan fingerprint density at radius 3 is 2.67 bits per heavy atom. The molecule has 1 heterocycles. The van der Waals surface area contributed by atoms with Crippen molar-refractivity contribution in [1.82, 2.24) is 0 Å². The van der Waals surface area contributed by atoms with Gasteiger partial charge in [-0.25, -0.2) is 9.18 Å². The summed E-state index contributed by atoms with van der Waals surface area (Å²) in [6.45, 7) is -2.01. The standard InChI is InChI=1S/C4H4F2O3/c5-1-4(6)2-8-3(7)9-4/h1-2H2. The molecule has 1 rings (SSSR count). The fourth-order valence-electron chi connectivity index (χ4n) is 0.441. The molecule has 0 aromatic rings. The number of rotatable bonds is 1. The van der Waals surface area contributed by atoms with Crippen LogP contribution in [0.1, 0.15) is 0 Å². The van der Waals surface area contributed by atoms with E-state index >= 15 is 0 Å². The maximum Gasteiger partial charge on any atom is 0.511 e. The fourth-order valence-corrected chi connectivity index (χ4v) is 0.441. The van der Waals surface area contributed by atoms with Crippen molar-refractivity contribution in [2.75, 3.05) is 13.3 Å². The van der Waals surface area contributed by atoms with Crippen LogP contribution in [0.15, 0.2) is 0 Å². The van der Waals surface area contributed by atoms with Gasteiger partial charge in [-0.15, -0.1) is 0 Å². The highest BCUT2D eigenvalue weighted by atomic mass is 19.2. The van der Waals surface area contributed by atoms with Gasteiger partial charge in [-0.1, -0.05) is 0 Å². The number of halogens is 2. The average molecular weight is 138 g/mol. The average Bonchev–Trinajstić information content (AvgIpc) is 2.13. The molecule has 0 aromatic carbocycles. The SMILES string of the molecule is O=C1OCC(F)(CF)O1. The molecule has 3 nitrogen and oxygen atoms in total. The zero-order chi connectivity index (χ0) is 6.91. The first kappa shape index (κ1) is 6.25. The molecule has 1 saturated heterocycles. The van der Waals surface area contributed by atoms with Crippen molar-refractivity contribution in [1.29, 1.82) is 0 Å². The first-order chi connectivity index (χ1) is 4.16. The zero-order valence-electron chi connectivity index (χ0n) is 4.39. The summed E-state index contributed by atoms with van der Waals surface area (Å²) in [5.41, 5.74) is 0. The molecule has 0 spiro atoms. The second-order valence-electron chi connectivity index (χ2n) is 1.66. The second kappa shape index (κ2) is 1.82. The molecule has 0 amide bonds. The van der Waals surface area contributed by atoms with Gasteiger partial charge >= 0.3 is 12.0 Å². The van der Waals surface area contributed by atoms with E-state index in [2.05, 4.69) is 9.47 Å². The summed E-state index contributed by atoms with van der Waals surface area (Å²) in [4.78, 5) is 9.97. The van der Waals surface area contributed by atoms with Crippen molar-refractivity contribution in [2.45, 2.75) is 5.85 Å². The summed E-state index contributed by atoms with van der Waals surface area (Å²) in [5.74, 6) is -2.53. The van der Waals surface area contributed by atoms with E-state index in [1.54, 1.807) is 0 Å². The molecule has 0 saturated carbocycles. The Labute approximate surface area is 49.5 Å². The van der Waals surface area contributed by atoms with Gasteiger partial charge in [0.2, 0.25) is 0 Å².